The minimum Gasteiger partial charge on any atom is -0.457 e. The summed E-state index contributed by atoms with van der Waals surface area (Å²) in [5.41, 5.74) is -1.22. The number of alkyl halides is 1. The summed E-state index contributed by atoms with van der Waals surface area (Å²) in [6, 6.07) is 15.4. The molecule has 0 heterocycles. The van der Waals surface area contributed by atoms with Gasteiger partial charge in [0.25, 0.3) is 0 Å². The van der Waals surface area contributed by atoms with Gasteiger partial charge >= 0.3 is 0 Å². The van der Waals surface area contributed by atoms with Crippen LogP contribution in [0.15, 0.2) is 54.6 Å². The van der Waals surface area contributed by atoms with Gasteiger partial charge in [0.15, 0.2) is 5.67 Å². The van der Waals surface area contributed by atoms with E-state index in [1.54, 1.807) is 38.1 Å². The van der Waals surface area contributed by atoms with E-state index in [4.69, 9.17) is 4.74 Å². The minimum absolute atomic E-state index is 0.303. The first-order chi connectivity index (χ1) is 12.3. The van der Waals surface area contributed by atoms with Crippen molar-refractivity contribution in [1.82, 2.24) is 4.72 Å². The van der Waals surface area contributed by atoms with E-state index >= 15 is 4.39 Å². The third-order valence-electron chi connectivity index (χ3n) is 4.83. The van der Waals surface area contributed by atoms with Crippen molar-refractivity contribution in [3.63, 3.8) is 0 Å². The molecule has 4 nitrogen and oxygen atoms in total. The van der Waals surface area contributed by atoms with Crippen molar-refractivity contribution in [3.05, 3.63) is 60.2 Å². The van der Waals surface area contributed by atoms with E-state index in [2.05, 4.69) is 4.72 Å². The Kier molecular flexibility index (Phi) is 5.34. The van der Waals surface area contributed by atoms with Crippen molar-refractivity contribution in [2.24, 2.45) is 0 Å². The number of para-hydroxylation sites is 1. The Bertz CT molecular complexity index is 837. The summed E-state index contributed by atoms with van der Waals surface area (Å²) < 4.78 is 48.3. The van der Waals surface area contributed by atoms with E-state index in [0.717, 1.165) is 0 Å². The van der Waals surface area contributed by atoms with Crippen molar-refractivity contribution in [2.75, 3.05) is 0 Å². The first-order valence-electron chi connectivity index (χ1n) is 8.85. The predicted molar refractivity (Wildman–Crippen MR) is 101 cm³/mol. The molecule has 0 bridgehead atoms. The highest BCUT2D eigenvalue weighted by Gasteiger charge is 2.46. The third kappa shape index (κ3) is 3.91. The number of rotatable bonds is 6. The van der Waals surface area contributed by atoms with Gasteiger partial charge in [0.2, 0.25) is 10.0 Å². The average molecular weight is 377 g/mol. The lowest BCUT2D eigenvalue weighted by Gasteiger charge is -2.29. The van der Waals surface area contributed by atoms with Gasteiger partial charge in [-0.2, -0.15) is 0 Å². The molecule has 26 heavy (non-hydrogen) atoms. The number of benzene rings is 2. The van der Waals surface area contributed by atoms with Crippen LogP contribution < -0.4 is 9.46 Å². The molecule has 1 N–H and O–H groups in total. The SMILES string of the molecule is CC(C)S(=O)(=O)N[C@H]1CCC[C@]1(F)c1ccc(Oc2ccccc2)cc1. The molecule has 2 aromatic rings. The molecule has 140 valence electrons. The normalized spacial score (nSPS) is 23.3. The van der Waals surface area contributed by atoms with Gasteiger partial charge in [-0.1, -0.05) is 30.3 Å². The van der Waals surface area contributed by atoms with Crippen LogP contribution in [0.3, 0.4) is 0 Å². The molecule has 0 radical (unpaired) electrons. The number of halogens is 1. The molecule has 0 aromatic heterocycles. The summed E-state index contributed by atoms with van der Waals surface area (Å²) in [5, 5.41) is -0.589. The summed E-state index contributed by atoms with van der Waals surface area (Å²) in [5.74, 6) is 1.32. The van der Waals surface area contributed by atoms with Gasteiger partial charge in [0, 0.05) is 0 Å². The van der Waals surface area contributed by atoms with Gasteiger partial charge in [-0.15, -0.1) is 0 Å². The van der Waals surface area contributed by atoms with Crippen LogP contribution in [0.4, 0.5) is 4.39 Å². The van der Waals surface area contributed by atoms with Gasteiger partial charge in [0.05, 0.1) is 11.3 Å². The van der Waals surface area contributed by atoms with Crippen LogP contribution in [0.25, 0.3) is 0 Å². The maximum Gasteiger partial charge on any atom is 0.214 e. The van der Waals surface area contributed by atoms with Gasteiger partial charge in [-0.25, -0.2) is 17.5 Å². The lowest BCUT2D eigenvalue weighted by Crippen LogP contribution is -2.46. The van der Waals surface area contributed by atoms with E-state index in [1.165, 1.54) is 0 Å². The van der Waals surface area contributed by atoms with Crippen LogP contribution in [0.2, 0.25) is 0 Å². The molecule has 1 fully saturated rings. The monoisotopic (exact) mass is 377 g/mol. The molecule has 2 atom stereocenters. The topological polar surface area (TPSA) is 55.4 Å². The molecule has 0 aliphatic heterocycles. The third-order valence-corrected chi connectivity index (χ3v) is 6.68. The molecular weight excluding hydrogens is 353 g/mol. The molecule has 0 saturated heterocycles. The quantitative estimate of drug-likeness (QED) is 0.805. The van der Waals surface area contributed by atoms with E-state index in [-0.39, 0.29) is 0 Å². The second-order valence-corrected chi connectivity index (χ2v) is 9.23. The van der Waals surface area contributed by atoms with Crippen LogP contribution in [-0.2, 0) is 15.7 Å². The Morgan fingerprint density at radius 2 is 1.69 bits per heavy atom. The summed E-state index contributed by atoms with van der Waals surface area (Å²) in [6.07, 6.45) is 1.44. The highest BCUT2D eigenvalue weighted by Crippen LogP contribution is 2.43. The second kappa shape index (κ2) is 7.37. The van der Waals surface area contributed by atoms with Crippen molar-refractivity contribution < 1.29 is 17.5 Å². The van der Waals surface area contributed by atoms with Crippen molar-refractivity contribution in [1.29, 1.82) is 0 Å². The van der Waals surface area contributed by atoms with Gasteiger partial charge in [0.1, 0.15) is 11.5 Å². The zero-order valence-electron chi connectivity index (χ0n) is 15.0. The predicted octanol–water partition coefficient (Wildman–Crippen LogP) is 4.52. The highest BCUT2D eigenvalue weighted by atomic mass is 32.2. The van der Waals surface area contributed by atoms with Crippen molar-refractivity contribution in [3.8, 4) is 11.5 Å². The zero-order valence-corrected chi connectivity index (χ0v) is 15.8. The van der Waals surface area contributed by atoms with Gasteiger partial charge < -0.3 is 4.74 Å². The fourth-order valence-electron chi connectivity index (χ4n) is 3.22. The lowest BCUT2D eigenvalue weighted by atomic mass is 9.91. The molecule has 1 saturated carbocycles. The summed E-state index contributed by atoms with van der Waals surface area (Å²) in [4.78, 5) is 0. The molecule has 1 aliphatic carbocycles. The Labute approximate surface area is 154 Å². The van der Waals surface area contributed by atoms with Crippen molar-refractivity contribution in [2.45, 2.75) is 50.1 Å². The number of sulfonamides is 1. The van der Waals surface area contributed by atoms with Crippen LogP contribution >= 0.6 is 0 Å². The van der Waals surface area contributed by atoms with Gasteiger partial charge in [-0.3, -0.25) is 0 Å². The van der Waals surface area contributed by atoms with Crippen LogP contribution in [0.5, 0.6) is 11.5 Å². The Morgan fingerprint density at radius 1 is 1.08 bits per heavy atom. The fraction of sp³-hybridized carbons (Fsp3) is 0.400. The largest absolute Gasteiger partial charge is 0.457 e. The molecule has 1 aliphatic rings. The fourth-order valence-corrected chi connectivity index (χ4v) is 4.20. The maximum atomic E-state index is 15.7. The van der Waals surface area contributed by atoms with Crippen molar-refractivity contribution >= 4 is 10.0 Å². The number of hydrogen-bond donors (Lipinski definition) is 1. The molecular formula is C20H24FNO3S. The van der Waals surface area contributed by atoms with E-state index in [1.807, 2.05) is 30.3 Å². The molecule has 3 rings (SSSR count). The molecule has 0 amide bonds. The second-order valence-electron chi connectivity index (χ2n) is 6.96. The first kappa shape index (κ1) is 18.9. The summed E-state index contributed by atoms with van der Waals surface area (Å²) in [6.45, 7) is 3.18. The minimum atomic E-state index is -3.52. The molecule has 0 unspecified atom stereocenters. The van der Waals surface area contributed by atoms with Gasteiger partial charge in [-0.05, 0) is 62.9 Å². The van der Waals surface area contributed by atoms with Crippen LogP contribution in [0, 0.1) is 0 Å². The lowest BCUT2D eigenvalue weighted by molar-refractivity contribution is 0.142. The Morgan fingerprint density at radius 3 is 2.31 bits per heavy atom. The standard InChI is InChI=1S/C20H24FNO3S/c1-15(2)26(23,24)22-19-9-6-14-20(19,21)16-10-12-18(13-11-16)25-17-7-4-3-5-8-17/h3-5,7-8,10-13,15,19,22H,6,9,14H2,1-2H3/t19-,20-/m0/s1. The highest BCUT2D eigenvalue weighted by molar-refractivity contribution is 7.90. The Balaban J connectivity index is 1.78. The zero-order chi connectivity index (χ0) is 18.8. The summed E-state index contributed by atoms with van der Waals surface area (Å²) >= 11 is 0. The molecule has 6 heteroatoms. The summed E-state index contributed by atoms with van der Waals surface area (Å²) in [7, 11) is -3.52. The molecule has 2 aromatic carbocycles. The van der Waals surface area contributed by atoms with E-state index in [9.17, 15) is 8.42 Å². The van der Waals surface area contributed by atoms with E-state index in [0.29, 0.717) is 36.3 Å². The Hall–Kier alpha value is -1.92. The number of nitrogens with one attached hydrogen (secondary N) is 1. The average Bonchev–Trinajstić information content (AvgIpc) is 2.97. The first-order valence-corrected chi connectivity index (χ1v) is 10.4. The number of hydrogen-bond acceptors (Lipinski definition) is 3. The maximum absolute atomic E-state index is 15.7. The van der Waals surface area contributed by atoms with E-state index < -0.39 is 27.0 Å². The van der Waals surface area contributed by atoms with Crippen LogP contribution in [-0.4, -0.2) is 19.7 Å². The van der Waals surface area contributed by atoms with Crippen LogP contribution in [0.1, 0.15) is 38.7 Å². The molecule has 0 spiro atoms. The smallest absolute Gasteiger partial charge is 0.214 e. The number of ether oxygens (including phenoxy) is 1.